The van der Waals surface area contributed by atoms with Crippen molar-refractivity contribution in [3.8, 4) is 10.6 Å². The lowest BCUT2D eigenvalue weighted by atomic mass is 10.2. The first-order chi connectivity index (χ1) is 16.6. The number of anilines is 4. The van der Waals surface area contributed by atoms with Crippen LogP contribution in [-0.2, 0) is 0 Å². The van der Waals surface area contributed by atoms with Gasteiger partial charge in [0.1, 0.15) is 5.82 Å². The first-order valence-corrected chi connectivity index (χ1v) is 11.5. The Kier molecular flexibility index (Phi) is 7.03. The number of pyridine rings is 1. The van der Waals surface area contributed by atoms with Crippen molar-refractivity contribution < 1.29 is 4.79 Å². The fourth-order valence-corrected chi connectivity index (χ4v) is 4.40. The maximum atomic E-state index is 12.7. The molecule has 1 amide bonds. The molecule has 0 bridgehead atoms. The largest absolute Gasteiger partial charge is 0.362 e. The average molecular weight is 483 g/mol. The average Bonchev–Trinajstić information content (AvgIpc) is 3.36. The minimum atomic E-state index is -0.152. The van der Waals surface area contributed by atoms with Crippen LogP contribution in [0.4, 0.5) is 23.1 Å². The highest BCUT2D eigenvalue weighted by molar-refractivity contribution is 7.17. The fraction of sp³-hybridized carbons (Fsp3) is 0.111. The molecule has 2 N–H and O–H groups in total. The summed E-state index contributed by atoms with van der Waals surface area (Å²) in [5.74, 6) is 1.21. The molecule has 0 aliphatic rings. The summed E-state index contributed by atoms with van der Waals surface area (Å²) in [4.78, 5) is 29.9. The second-order valence-corrected chi connectivity index (χ2v) is 8.90. The Hall–Kier alpha value is -4.30. The number of nitrogens with one attached hydrogen (secondary N) is 2. The van der Waals surface area contributed by atoms with E-state index in [4.69, 9.17) is 0 Å². The van der Waals surface area contributed by atoms with Gasteiger partial charge in [-0.15, -0.1) is 11.3 Å². The first kappa shape index (κ1) is 23.8. The molecular weight excluding hydrogens is 456 g/mol. The van der Waals surface area contributed by atoms with Crippen molar-refractivity contribution in [2.75, 3.05) is 29.6 Å². The van der Waals surface area contributed by atoms with Crippen LogP contribution in [0.15, 0.2) is 85.1 Å². The molecular formula is C27H26N6OS. The van der Waals surface area contributed by atoms with Crippen LogP contribution < -0.4 is 15.5 Å². The van der Waals surface area contributed by atoms with E-state index in [-0.39, 0.29) is 13.3 Å². The Balaban J connectivity index is 0.00000289. The zero-order valence-corrected chi connectivity index (χ0v) is 19.5. The molecule has 0 atom stereocenters. The maximum Gasteiger partial charge on any atom is 0.265 e. The van der Waals surface area contributed by atoms with Gasteiger partial charge in [-0.2, -0.15) is 4.98 Å². The molecule has 35 heavy (non-hydrogen) atoms. The maximum absolute atomic E-state index is 12.7. The van der Waals surface area contributed by atoms with Crippen LogP contribution >= 0.6 is 11.3 Å². The first-order valence-electron chi connectivity index (χ1n) is 10.7. The smallest absolute Gasteiger partial charge is 0.265 e. The Morgan fingerprint density at radius 2 is 1.60 bits per heavy atom. The van der Waals surface area contributed by atoms with Gasteiger partial charge in [0, 0.05) is 37.1 Å². The minimum absolute atomic E-state index is 0. The number of hydrogen-bond acceptors (Lipinski definition) is 7. The third kappa shape index (κ3) is 5.28. The number of para-hydroxylation sites is 1. The summed E-state index contributed by atoms with van der Waals surface area (Å²) in [6.07, 6.45) is 1.74. The van der Waals surface area contributed by atoms with E-state index >= 15 is 0 Å². The molecule has 0 aliphatic carbocycles. The van der Waals surface area contributed by atoms with Gasteiger partial charge in [-0.3, -0.25) is 9.78 Å². The normalized spacial score (nSPS) is 10.5. The molecule has 0 unspecified atom stereocenters. The molecule has 5 aromatic rings. The van der Waals surface area contributed by atoms with Gasteiger partial charge < -0.3 is 15.5 Å². The minimum Gasteiger partial charge on any atom is -0.362 e. The number of fused-ring (bicyclic) bond motifs is 1. The van der Waals surface area contributed by atoms with Crippen LogP contribution in [0.5, 0.6) is 0 Å². The summed E-state index contributed by atoms with van der Waals surface area (Å²) in [6.45, 7) is 0. The van der Waals surface area contributed by atoms with Crippen molar-refractivity contribution in [1.82, 2.24) is 15.0 Å². The summed E-state index contributed by atoms with van der Waals surface area (Å²) >= 11 is 1.42. The number of hydrogen-bond donors (Lipinski definition) is 2. The van der Waals surface area contributed by atoms with Crippen molar-refractivity contribution in [1.29, 1.82) is 0 Å². The second kappa shape index (κ2) is 10.3. The standard InChI is InChI=1S/C26H22N6OS.CH4/c1-32(2)24-19-7-3-4-8-20(19)30-26(31-24)29-18-12-10-17(11-13-18)28-25(33)23-15-14-22(34-23)21-9-5-6-16-27-21;/h3-16H,1-2H3,(H,28,33)(H,29,30,31);1H4. The van der Waals surface area contributed by atoms with Crippen LogP contribution in [0.25, 0.3) is 21.5 Å². The van der Waals surface area contributed by atoms with Gasteiger partial charge >= 0.3 is 0 Å². The molecule has 3 heterocycles. The summed E-state index contributed by atoms with van der Waals surface area (Å²) in [7, 11) is 3.92. The fourth-order valence-electron chi connectivity index (χ4n) is 3.52. The number of aromatic nitrogens is 3. The number of carbonyl (C=O) groups is 1. The van der Waals surface area contributed by atoms with E-state index in [9.17, 15) is 4.79 Å². The van der Waals surface area contributed by atoms with Crippen molar-refractivity contribution in [3.05, 3.63) is 89.9 Å². The highest BCUT2D eigenvalue weighted by Gasteiger charge is 2.12. The van der Waals surface area contributed by atoms with E-state index in [1.165, 1.54) is 11.3 Å². The molecule has 176 valence electrons. The van der Waals surface area contributed by atoms with E-state index in [2.05, 4.69) is 25.6 Å². The van der Waals surface area contributed by atoms with Gasteiger partial charge in [-0.1, -0.05) is 25.6 Å². The third-order valence-corrected chi connectivity index (χ3v) is 6.26. The lowest BCUT2D eigenvalue weighted by Gasteiger charge is -2.16. The van der Waals surface area contributed by atoms with Crippen molar-refractivity contribution in [2.45, 2.75) is 7.43 Å². The quantitative estimate of drug-likeness (QED) is 0.289. The number of rotatable bonds is 6. The summed E-state index contributed by atoms with van der Waals surface area (Å²) < 4.78 is 0. The Morgan fingerprint density at radius 1 is 0.857 bits per heavy atom. The molecule has 5 rings (SSSR count). The van der Waals surface area contributed by atoms with E-state index in [0.29, 0.717) is 16.5 Å². The molecule has 2 aromatic carbocycles. The van der Waals surface area contributed by atoms with Gasteiger partial charge in [0.2, 0.25) is 5.95 Å². The SMILES string of the molecule is C.CN(C)c1nc(Nc2ccc(NC(=O)c3ccc(-c4ccccn4)s3)cc2)nc2ccccc12. The number of nitrogens with zero attached hydrogens (tertiary/aromatic N) is 4. The molecule has 3 aromatic heterocycles. The van der Waals surface area contributed by atoms with Crippen molar-refractivity contribution in [2.24, 2.45) is 0 Å². The Morgan fingerprint density at radius 3 is 2.34 bits per heavy atom. The lowest BCUT2D eigenvalue weighted by Crippen LogP contribution is -2.13. The molecule has 0 radical (unpaired) electrons. The van der Waals surface area contributed by atoms with Gasteiger partial charge in [0.05, 0.1) is 21.0 Å². The number of amides is 1. The lowest BCUT2D eigenvalue weighted by molar-refractivity contribution is 0.103. The molecule has 0 saturated heterocycles. The molecule has 0 spiro atoms. The highest BCUT2D eigenvalue weighted by Crippen LogP contribution is 2.28. The highest BCUT2D eigenvalue weighted by atomic mass is 32.1. The second-order valence-electron chi connectivity index (χ2n) is 7.82. The molecule has 0 saturated carbocycles. The monoisotopic (exact) mass is 482 g/mol. The predicted octanol–water partition coefficient (Wildman–Crippen LogP) is 6.45. The van der Waals surface area contributed by atoms with Gasteiger partial charge in [0.15, 0.2) is 0 Å². The van der Waals surface area contributed by atoms with E-state index in [1.807, 2.05) is 97.9 Å². The molecule has 0 fully saturated rings. The molecule has 8 heteroatoms. The van der Waals surface area contributed by atoms with Gasteiger partial charge in [-0.25, -0.2) is 4.98 Å². The molecule has 7 nitrogen and oxygen atoms in total. The van der Waals surface area contributed by atoms with Crippen LogP contribution in [-0.4, -0.2) is 35.0 Å². The van der Waals surface area contributed by atoms with Crippen molar-refractivity contribution >= 4 is 51.3 Å². The number of thiophene rings is 1. The molecule has 0 aliphatic heterocycles. The zero-order valence-electron chi connectivity index (χ0n) is 18.7. The van der Waals surface area contributed by atoms with Crippen molar-refractivity contribution in [3.63, 3.8) is 0 Å². The summed E-state index contributed by atoms with van der Waals surface area (Å²) in [6, 6.07) is 24.9. The summed E-state index contributed by atoms with van der Waals surface area (Å²) in [5, 5.41) is 7.20. The van der Waals surface area contributed by atoms with E-state index < -0.39 is 0 Å². The van der Waals surface area contributed by atoms with E-state index in [1.54, 1.807) is 6.20 Å². The summed E-state index contributed by atoms with van der Waals surface area (Å²) in [5.41, 5.74) is 3.26. The Labute approximate surface area is 208 Å². The third-order valence-electron chi connectivity index (χ3n) is 5.15. The number of carbonyl (C=O) groups excluding carboxylic acids is 1. The van der Waals surface area contributed by atoms with Crippen LogP contribution in [0.3, 0.4) is 0 Å². The van der Waals surface area contributed by atoms with E-state index in [0.717, 1.165) is 33.0 Å². The number of benzene rings is 2. The van der Waals surface area contributed by atoms with Gasteiger partial charge in [0.25, 0.3) is 5.91 Å². The predicted molar refractivity (Wildman–Crippen MR) is 146 cm³/mol. The zero-order chi connectivity index (χ0) is 23.5. The van der Waals surface area contributed by atoms with Gasteiger partial charge in [-0.05, 0) is 60.7 Å². The topological polar surface area (TPSA) is 83.0 Å². The van der Waals surface area contributed by atoms with Crippen LogP contribution in [0, 0.1) is 0 Å². The van der Waals surface area contributed by atoms with Crippen LogP contribution in [0.1, 0.15) is 17.1 Å². The Bertz CT molecular complexity index is 1450. The van der Waals surface area contributed by atoms with Crippen LogP contribution in [0.2, 0.25) is 0 Å².